The van der Waals surface area contributed by atoms with Gasteiger partial charge in [-0.3, -0.25) is 9.20 Å². The molecule has 3 heterocycles. The molecular weight excluding hydrogens is 308 g/mol. The zero-order chi connectivity index (χ0) is 15.6. The molecule has 2 N–H and O–H groups in total. The van der Waals surface area contributed by atoms with Gasteiger partial charge in [-0.05, 0) is 18.1 Å². The summed E-state index contributed by atoms with van der Waals surface area (Å²) in [5.41, 5.74) is 3.16. The summed E-state index contributed by atoms with van der Waals surface area (Å²) in [6, 6.07) is 8.20. The number of carbonyl (C=O) groups excluding carboxylic acids is 1. The summed E-state index contributed by atoms with van der Waals surface area (Å²) in [7, 11) is 0. The molecule has 0 aliphatic heterocycles. The first kappa shape index (κ1) is 14.0. The van der Waals surface area contributed by atoms with Gasteiger partial charge in [0.15, 0.2) is 4.96 Å². The summed E-state index contributed by atoms with van der Waals surface area (Å²) < 4.78 is 1.94. The Morgan fingerprint density at radius 2 is 2.26 bits per heavy atom. The van der Waals surface area contributed by atoms with E-state index in [1.54, 1.807) is 11.3 Å². The number of hydrogen-bond acceptors (Lipinski definition) is 3. The maximum absolute atomic E-state index is 12.0. The van der Waals surface area contributed by atoms with Crippen molar-refractivity contribution in [1.82, 2.24) is 19.7 Å². The molecular formula is C17H16N4OS. The number of thiazole rings is 1. The number of nitrogens with one attached hydrogen (secondary N) is 2. The van der Waals surface area contributed by atoms with Crippen LogP contribution >= 0.6 is 11.3 Å². The van der Waals surface area contributed by atoms with E-state index in [9.17, 15) is 4.79 Å². The molecule has 0 saturated heterocycles. The van der Waals surface area contributed by atoms with E-state index in [-0.39, 0.29) is 5.91 Å². The van der Waals surface area contributed by atoms with Crippen molar-refractivity contribution in [3.8, 4) is 0 Å². The molecule has 116 valence electrons. The maximum atomic E-state index is 12.0. The topological polar surface area (TPSA) is 62.2 Å². The lowest BCUT2D eigenvalue weighted by Crippen LogP contribution is -2.27. The first-order valence-electron chi connectivity index (χ1n) is 7.52. The van der Waals surface area contributed by atoms with Gasteiger partial charge in [0.05, 0.1) is 12.1 Å². The smallest absolute Gasteiger partial charge is 0.226 e. The van der Waals surface area contributed by atoms with E-state index in [1.807, 2.05) is 40.5 Å². The van der Waals surface area contributed by atoms with Crippen LogP contribution in [-0.2, 0) is 17.6 Å². The summed E-state index contributed by atoms with van der Waals surface area (Å²) in [6.45, 7) is 0.628. The van der Waals surface area contributed by atoms with Crippen LogP contribution in [-0.4, -0.2) is 26.8 Å². The fraction of sp³-hybridized carbons (Fsp3) is 0.176. The number of aromatic nitrogens is 3. The van der Waals surface area contributed by atoms with Crippen molar-refractivity contribution in [1.29, 1.82) is 0 Å². The van der Waals surface area contributed by atoms with Gasteiger partial charge < -0.3 is 10.3 Å². The molecule has 1 amide bonds. The lowest BCUT2D eigenvalue weighted by molar-refractivity contribution is -0.120. The van der Waals surface area contributed by atoms with Gasteiger partial charge in [-0.2, -0.15) is 0 Å². The third-order valence-corrected chi connectivity index (χ3v) is 4.65. The Kier molecular flexibility index (Phi) is 3.59. The van der Waals surface area contributed by atoms with Crippen LogP contribution < -0.4 is 5.32 Å². The summed E-state index contributed by atoms with van der Waals surface area (Å²) in [4.78, 5) is 20.6. The molecule has 0 spiro atoms. The third kappa shape index (κ3) is 2.85. The molecule has 0 fully saturated rings. The number of amides is 1. The van der Waals surface area contributed by atoms with Gasteiger partial charge in [-0.15, -0.1) is 11.3 Å². The molecule has 23 heavy (non-hydrogen) atoms. The number of rotatable bonds is 5. The molecule has 0 unspecified atom stereocenters. The highest BCUT2D eigenvalue weighted by Gasteiger charge is 2.08. The molecule has 4 aromatic rings. The van der Waals surface area contributed by atoms with Crippen LogP contribution in [0.2, 0.25) is 0 Å². The molecule has 4 rings (SSSR count). The third-order valence-electron chi connectivity index (χ3n) is 3.88. The van der Waals surface area contributed by atoms with Crippen molar-refractivity contribution in [3.05, 3.63) is 59.5 Å². The SMILES string of the molecule is O=C(Cc1cn2ccsc2n1)NCCc1c[nH]c2ccccc12. The summed E-state index contributed by atoms with van der Waals surface area (Å²) in [6.07, 6.45) is 7.01. The van der Waals surface area contributed by atoms with Crippen LogP contribution in [0.15, 0.2) is 48.2 Å². The number of nitrogens with zero attached hydrogens (tertiary/aromatic N) is 2. The van der Waals surface area contributed by atoms with Gasteiger partial charge in [0, 0.05) is 41.4 Å². The van der Waals surface area contributed by atoms with E-state index in [0.29, 0.717) is 13.0 Å². The Morgan fingerprint density at radius 3 is 3.17 bits per heavy atom. The number of carbonyl (C=O) groups is 1. The van der Waals surface area contributed by atoms with E-state index in [2.05, 4.69) is 27.4 Å². The van der Waals surface area contributed by atoms with Crippen LogP contribution in [0, 0.1) is 0 Å². The number of aromatic amines is 1. The van der Waals surface area contributed by atoms with Crippen LogP contribution in [0.4, 0.5) is 0 Å². The molecule has 0 radical (unpaired) electrons. The number of H-pyrrole nitrogens is 1. The van der Waals surface area contributed by atoms with Gasteiger partial charge in [0.2, 0.25) is 5.91 Å². The Bertz CT molecular complexity index is 937. The molecule has 0 aliphatic carbocycles. The zero-order valence-corrected chi connectivity index (χ0v) is 13.3. The summed E-state index contributed by atoms with van der Waals surface area (Å²) in [5, 5.41) is 6.17. The van der Waals surface area contributed by atoms with Crippen LogP contribution in [0.5, 0.6) is 0 Å². The Labute approximate surface area is 137 Å². The van der Waals surface area contributed by atoms with Crippen LogP contribution in [0.3, 0.4) is 0 Å². The maximum Gasteiger partial charge on any atom is 0.226 e. The van der Waals surface area contributed by atoms with Crippen molar-refractivity contribution in [2.24, 2.45) is 0 Å². The molecule has 6 heteroatoms. The molecule has 0 atom stereocenters. The highest BCUT2D eigenvalue weighted by molar-refractivity contribution is 7.15. The lowest BCUT2D eigenvalue weighted by atomic mass is 10.1. The second kappa shape index (κ2) is 5.89. The molecule has 0 bridgehead atoms. The second-order valence-corrected chi connectivity index (χ2v) is 6.33. The molecule has 1 aromatic carbocycles. The van der Waals surface area contributed by atoms with Crippen LogP contribution in [0.1, 0.15) is 11.3 Å². The minimum Gasteiger partial charge on any atom is -0.361 e. The van der Waals surface area contributed by atoms with E-state index in [1.165, 1.54) is 10.9 Å². The van der Waals surface area contributed by atoms with Crippen LogP contribution in [0.25, 0.3) is 15.9 Å². The largest absolute Gasteiger partial charge is 0.361 e. The fourth-order valence-corrected chi connectivity index (χ4v) is 3.48. The molecule has 5 nitrogen and oxygen atoms in total. The standard InChI is InChI=1S/C17H16N4OS/c22-16(9-13-11-21-7-8-23-17(21)20-13)18-6-5-12-10-19-15-4-2-1-3-14(12)15/h1-4,7-8,10-11,19H,5-6,9H2,(H,18,22). The first-order chi connectivity index (χ1) is 11.3. The minimum absolute atomic E-state index is 0.00981. The second-order valence-electron chi connectivity index (χ2n) is 5.46. The monoisotopic (exact) mass is 324 g/mol. The first-order valence-corrected chi connectivity index (χ1v) is 8.40. The Morgan fingerprint density at radius 1 is 1.35 bits per heavy atom. The number of imidazole rings is 1. The molecule has 3 aromatic heterocycles. The van der Waals surface area contributed by atoms with Crippen molar-refractivity contribution in [2.45, 2.75) is 12.8 Å². The van der Waals surface area contributed by atoms with Gasteiger partial charge in [0.1, 0.15) is 0 Å². The normalized spacial score (nSPS) is 11.3. The summed E-state index contributed by atoms with van der Waals surface area (Å²) in [5.74, 6) is 0.00981. The number of fused-ring (bicyclic) bond motifs is 2. The number of benzene rings is 1. The zero-order valence-electron chi connectivity index (χ0n) is 12.5. The van der Waals surface area contributed by atoms with Crippen molar-refractivity contribution in [3.63, 3.8) is 0 Å². The van der Waals surface area contributed by atoms with Crippen molar-refractivity contribution >= 4 is 33.1 Å². The summed E-state index contributed by atoms with van der Waals surface area (Å²) >= 11 is 1.57. The van der Waals surface area contributed by atoms with E-state index < -0.39 is 0 Å². The highest BCUT2D eigenvalue weighted by atomic mass is 32.1. The van der Waals surface area contributed by atoms with Gasteiger partial charge >= 0.3 is 0 Å². The fourth-order valence-electron chi connectivity index (χ4n) is 2.76. The highest BCUT2D eigenvalue weighted by Crippen LogP contribution is 2.17. The van der Waals surface area contributed by atoms with E-state index in [4.69, 9.17) is 0 Å². The lowest BCUT2D eigenvalue weighted by Gasteiger charge is -2.03. The predicted molar refractivity (Wildman–Crippen MR) is 91.8 cm³/mol. The van der Waals surface area contributed by atoms with Gasteiger partial charge in [-0.1, -0.05) is 18.2 Å². The Hall–Kier alpha value is -2.60. The van der Waals surface area contributed by atoms with Crippen molar-refractivity contribution in [2.75, 3.05) is 6.54 Å². The molecule has 0 aliphatic rings. The van der Waals surface area contributed by atoms with E-state index >= 15 is 0 Å². The minimum atomic E-state index is 0.00981. The molecule has 0 saturated carbocycles. The average molecular weight is 324 g/mol. The van der Waals surface area contributed by atoms with Gasteiger partial charge in [-0.25, -0.2) is 4.98 Å². The Balaban J connectivity index is 1.33. The van der Waals surface area contributed by atoms with Crippen molar-refractivity contribution < 1.29 is 4.79 Å². The number of hydrogen-bond donors (Lipinski definition) is 2. The predicted octanol–water partition coefficient (Wildman–Crippen LogP) is 2.78. The quantitative estimate of drug-likeness (QED) is 0.593. The number of para-hydroxylation sites is 1. The van der Waals surface area contributed by atoms with E-state index in [0.717, 1.165) is 22.6 Å². The van der Waals surface area contributed by atoms with Gasteiger partial charge in [0.25, 0.3) is 0 Å². The average Bonchev–Trinajstić information content (AvgIpc) is 3.22.